The highest BCUT2D eigenvalue weighted by atomic mass is 32.1. The van der Waals surface area contributed by atoms with Gasteiger partial charge in [-0.3, -0.25) is 0 Å². The van der Waals surface area contributed by atoms with E-state index >= 15 is 0 Å². The van der Waals surface area contributed by atoms with Gasteiger partial charge in [-0.1, -0.05) is 6.07 Å². The second-order valence-electron chi connectivity index (χ2n) is 4.36. The van der Waals surface area contributed by atoms with Crippen LogP contribution in [0.25, 0.3) is 0 Å². The Hall–Kier alpha value is -0.980. The van der Waals surface area contributed by atoms with Gasteiger partial charge in [0.25, 0.3) is 0 Å². The van der Waals surface area contributed by atoms with Crippen LogP contribution in [-0.2, 0) is 17.9 Å². The van der Waals surface area contributed by atoms with Gasteiger partial charge in [0.15, 0.2) is 5.82 Å². The predicted octanol–water partition coefficient (Wildman–Crippen LogP) is 2.92. The van der Waals surface area contributed by atoms with Crippen LogP contribution < -0.4 is 4.90 Å². The summed E-state index contributed by atoms with van der Waals surface area (Å²) < 4.78 is 9.40. The first-order valence-corrected chi connectivity index (χ1v) is 7.62. The lowest BCUT2D eigenvalue weighted by molar-refractivity contribution is 0.179. The second kappa shape index (κ2) is 5.34. The highest BCUT2D eigenvalue weighted by Gasteiger charge is 2.31. The average Bonchev–Trinajstić information content (AvgIpc) is 2.89. The molecule has 3 rings (SSSR count). The molecule has 0 unspecified atom stereocenters. The van der Waals surface area contributed by atoms with Crippen LogP contribution in [0.2, 0.25) is 0 Å². The summed E-state index contributed by atoms with van der Waals surface area (Å²) in [5, 5.41) is 3.15. The summed E-state index contributed by atoms with van der Waals surface area (Å²) in [6.45, 7) is 1.44. The summed E-state index contributed by atoms with van der Waals surface area (Å²) in [6.07, 6.45) is 2.54. The van der Waals surface area contributed by atoms with Crippen molar-refractivity contribution in [1.82, 2.24) is 9.36 Å². The molecule has 4 nitrogen and oxygen atoms in total. The second-order valence-corrected chi connectivity index (χ2v) is 6.13. The van der Waals surface area contributed by atoms with E-state index in [0.29, 0.717) is 12.6 Å². The van der Waals surface area contributed by atoms with Crippen molar-refractivity contribution in [3.63, 3.8) is 0 Å². The number of hydrogen-bond donors (Lipinski definition) is 0. The van der Waals surface area contributed by atoms with Gasteiger partial charge in [-0.05, 0) is 24.3 Å². The molecular formula is C12H15N3OS2. The fourth-order valence-corrected chi connectivity index (χ4v) is 3.31. The van der Waals surface area contributed by atoms with E-state index in [9.17, 15) is 0 Å². The molecule has 2 aromatic rings. The number of aromatic nitrogens is 2. The van der Waals surface area contributed by atoms with Crippen LogP contribution in [0.4, 0.5) is 5.13 Å². The van der Waals surface area contributed by atoms with Crippen molar-refractivity contribution in [2.75, 3.05) is 12.0 Å². The lowest BCUT2D eigenvalue weighted by atomic mass is 10.4. The van der Waals surface area contributed by atoms with Crippen LogP contribution in [0.1, 0.15) is 23.5 Å². The number of hydrogen-bond acceptors (Lipinski definition) is 6. The third-order valence-corrected chi connectivity index (χ3v) is 4.52. The SMILES string of the molecule is COCc1nsc(N(Cc2cccs2)C2CC2)n1. The van der Waals surface area contributed by atoms with Gasteiger partial charge < -0.3 is 9.64 Å². The maximum atomic E-state index is 5.07. The topological polar surface area (TPSA) is 38.2 Å². The molecule has 1 fully saturated rings. The van der Waals surface area contributed by atoms with Crippen molar-refractivity contribution in [3.05, 3.63) is 28.2 Å². The van der Waals surface area contributed by atoms with E-state index in [1.165, 1.54) is 29.3 Å². The highest BCUT2D eigenvalue weighted by molar-refractivity contribution is 7.10. The minimum atomic E-state index is 0.494. The largest absolute Gasteiger partial charge is 0.377 e. The summed E-state index contributed by atoms with van der Waals surface area (Å²) in [7, 11) is 1.67. The molecule has 0 bridgehead atoms. The predicted molar refractivity (Wildman–Crippen MR) is 74.1 cm³/mol. The van der Waals surface area contributed by atoms with Gasteiger partial charge in [0.1, 0.15) is 6.61 Å². The smallest absolute Gasteiger partial charge is 0.205 e. The Kier molecular flexibility index (Phi) is 3.58. The Labute approximate surface area is 114 Å². The first-order chi connectivity index (χ1) is 8.86. The number of ether oxygens (including phenoxy) is 1. The summed E-state index contributed by atoms with van der Waals surface area (Å²) in [6, 6.07) is 4.93. The minimum absolute atomic E-state index is 0.494. The van der Waals surface area contributed by atoms with Crippen LogP contribution >= 0.6 is 22.9 Å². The molecule has 0 aromatic carbocycles. The van der Waals surface area contributed by atoms with Crippen molar-refractivity contribution in [1.29, 1.82) is 0 Å². The molecule has 1 saturated carbocycles. The van der Waals surface area contributed by atoms with E-state index in [1.54, 1.807) is 18.4 Å². The van der Waals surface area contributed by atoms with Crippen LogP contribution in [0.3, 0.4) is 0 Å². The van der Waals surface area contributed by atoms with Gasteiger partial charge in [0.05, 0.1) is 6.54 Å². The molecule has 96 valence electrons. The molecule has 0 aliphatic heterocycles. The Bertz CT molecular complexity index is 493. The van der Waals surface area contributed by atoms with Crippen LogP contribution in [-0.4, -0.2) is 22.5 Å². The van der Waals surface area contributed by atoms with Gasteiger partial charge >= 0.3 is 0 Å². The molecule has 1 aliphatic rings. The quantitative estimate of drug-likeness (QED) is 0.816. The molecule has 0 N–H and O–H groups in total. The van der Waals surface area contributed by atoms with E-state index in [0.717, 1.165) is 17.5 Å². The van der Waals surface area contributed by atoms with E-state index in [1.807, 2.05) is 0 Å². The number of nitrogens with zero attached hydrogens (tertiary/aromatic N) is 3. The minimum Gasteiger partial charge on any atom is -0.377 e. The third kappa shape index (κ3) is 2.71. The number of methoxy groups -OCH3 is 1. The Balaban J connectivity index is 1.76. The van der Waals surface area contributed by atoms with Gasteiger partial charge in [-0.2, -0.15) is 4.37 Å². The van der Waals surface area contributed by atoms with Crippen molar-refractivity contribution in [2.24, 2.45) is 0 Å². The summed E-state index contributed by atoms with van der Waals surface area (Å²) in [5.41, 5.74) is 0. The zero-order valence-corrected chi connectivity index (χ0v) is 11.8. The molecule has 18 heavy (non-hydrogen) atoms. The molecule has 6 heteroatoms. The fourth-order valence-electron chi connectivity index (χ4n) is 1.86. The normalized spacial score (nSPS) is 14.9. The van der Waals surface area contributed by atoms with Gasteiger partial charge in [0.2, 0.25) is 5.13 Å². The standard InChI is InChI=1S/C12H15N3OS2/c1-16-8-11-13-12(18-14-11)15(9-4-5-9)7-10-3-2-6-17-10/h2-3,6,9H,4-5,7-8H2,1H3. The Morgan fingerprint density at radius 3 is 3.06 bits per heavy atom. The molecule has 2 aromatic heterocycles. The monoisotopic (exact) mass is 281 g/mol. The summed E-state index contributed by atoms with van der Waals surface area (Å²) >= 11 is 3.28. The molecule has 2 heterocycles. The first kappa shape index (κ1) is 12.1. The van der Waals surface area contributed by atoms with E-state index in [2.05, 4.69) is 31.8 Å². The summed E-state index contributed by atoms with van der Waals surface area (Å²) in [5.74, 6) is 0.786. The lowest BCUT2D eigenvalue weighted by Gasteiger charge is -2.19. The number of thiophene rings is 1. The average molecular weight is 281 g/mol. The first-order valence-electron chi connectivity index (χ1n) is 5.97. The summed E-state index contributed by atoms with van der Waals surface area (Å²) in [4.78, 5) is 8.31. The maximum absolute atomic E-state index is 5.07. The van der Waals surface area contributed by atoms with Crippen LogP contribution in [0, 0.1) is 0 Å². The third-order valence-electron chi connectivity index (χ3n) is 2.87. The van der Waals surface area contributed by atoms with E-state index in [4.69, 9.17) is 4.74 Å². The molecule has 1 aliphatic carbocycles. The lowest BCUT2D eigenvalue weighted by Crippen LogP contribution is -2.24. The number of anilines is 1. The van der Waals surface area contributed by atoms with Crippen molar-refractivity contribution >= 4 is 28.0 Å². The molecule has 0 spiro atoms. The number of rotatable bonds is 6. The van der Waals surface area contributed by atoms with E-state index in [-0.39, 0.29) is 0 Å². The van der Waals surface area contributed by atoms with Crippen molar-refractivity contribution in [2.45, 2.75) is 32.0 Å². The van der Waals surface area contributed by atoms with Gasteiger partial charge in [-0.25, -0.2) is 4.98 Å². The van der Waals surface area contributed by atoms with Gasteiger partial charge in [-0.15, -0.1) is 11.3 Å². The fraction of sp³-hybridized carbons (Fsp3) is 0.500. The molecule has 0 amide bonds. The van der Waals surface area contributed by atoms with Crippen LogP contribution in [0.15, 0.2) is 17.5 Å². The molecule has 0 saturated heterocycles. The Morgan fingerprint density at radius 1 is 1.50 bits per heavy atom. The maximum Gasteiger partial charge on any atom is 0.205 e. The van der Waals surface area contributed by atoms with E-state index < -0.39 is 0 Å². The molecule has 0 atom stereocenters. The van der Waals surface area contributed by atoms with Gasteiger partial charge in [0, 0.05) is 29.6 Å². The van der Waals surface area contributed by atoms with Crippen molar-refractivity contribution in [3.8, 4) is 0 Å². The molecular weight excluding hydrogens is 266 g/mol. The Morgan fingerprint density at radius 2 is 2.39 bits per heavy atom. The van der Waals surface area contributed by atoms with Crippen LogP contribution in [0.5, 0.6) is 0 Å². The molecule has 0 radical (unpaired) electrons. The van der Waals surface area contributed by atoms with Crippen molar-refractivity contribution < 1.29 is 4.74 Å². The zero-order chi connectivity index (χ0) is 12.4. The highest BCUT2D eigenvalue weighted by Crippen LogP contribution is 2.34. The zero-order valence-electron chi connectivity index (χ0n) is 10.2.